The van der Waals surface area contributed by atoms with Crippen molar-refractivity contribution in [2.24, 2.45) is 11.7 Å². The predicted octanol–water partition coefficient (Wildman–Crippen LogP) is 3.40. The van der Waals surface area contributed by atoms with E-state index in [4.69, 9.17) is 5.73 Å². The molecule has 2 unspecified atom stereocenters. The SMILES string of the molecule is CC12C3=CC=CC1C=Cc1cccc(c12)C(N)=C3. The summed E-state index contributed by atoms with van der Waals surface area (Å²) >= 11 is 0. The Balaban J connectivity index is 2.17. The highest BCUT2D eigenvalue weighted by Gasteiger charge is 2.44. The van der Waals surface area contributed by atoms with Crippen LogP contribution < -0.4 is 5.73 Å². The molecule has 0 radical (unpaired) electrons. The quantitative estimate of drug-likeness (QED) is 0.730. The van der Waals surface area contributed by atoms with Gasteiger partial charge in [0.2, 0.25) is 0 Å². The fraction of sp³-hybridized carbons (Fsp3) is 0.176. The van der Waals surface area contributed by atoms with Gasteiger partial charge in [-0.15, -0.1) is 0 Å². The van der Waals surface area contributed by atoms with Gasteiger partial charge in [-0.3, -0.25) is 0 Å². The van der Waals surface area contributed by atoms with Crippen LogP contribution in [0.2, 0.25) is 0 Å². The van der Waals surface area contributed by atoms with Crippen molar-refractivity contribution in [1.29, 1.82) is 0 Å². The molecule has 88 valence electrons. The summed E-state index contributed by atoms with van der Waals surface area (Å²) in [5, 5.41) is 0. The lowest BCUT2D eigenvalue weighted by molar-refractivity contribution is 0.468. The summed E-state index contributed by atoms with van der Waals surface area (Å²) in [5.74, 6) is 0.440. The molecular weight excluding hydrogens is 218 g/mol. The summed E-state index contributed by atoms with van der Waals surface area (Å²) in [6, 6.07) is 6.42. The first-order chi connectivity index (χ1) is 8.71. The van der Waals surface area contributed by atoms with Crippen LogP contribution >= 0.6 is 0 Å². The van der Waals surface area contributed by atoms with Gasteiger partial charge in [0.15, 0.2) is 0 Å². The van der Waals surface area contributed by atoms with Crippen LogP contribution in [0.5, 0.6) is 0 Å². The Bertz CT molecular complexity index is 673. The van der Waals surface area contributed by atoms with Crippen LogP contribution in [0.25, 0.3) is 11.8 Å². The molecule has 1 aromatic carbocycles. The molecule has 3 aliphatic rings. The van der Waals surface area contributed by atoms with Crippen molar-refractivity contribution in [1.82, 2.24) is 0 Å². The van der Waals surface area contributed by atoms with E-state index in [1.54, 1.807) is 0 Å². The monoisotopic (exact) mass is 233 g/mol. The van der Waals surface area contributed by atoms with E-state index in [1.807, 2.05) is 0 Å². The second-order valence-corrected chi connectivity index (χ2v) is 5.46. The van der Waals surface area contributed by atoms with Crippen molar-refractivity contribution in [3.63, 3.8) is 0 Å². The summed E-state index contributed by atoms with van der Waals surface area (Å²) in [4.78, 5) is 0. The Morgan fingerprint density at radius 1 is 1.22 bits per heavy atom. The minimum Gasteiger partial charge on any atom is -0.398 e. The zero-order chi connectivity index (χ0) is 12.3. The van der Waals surface area contributed by atoms with Gasteiger partial charge < -0.3 is 5.73 Å². The number of hydrogen-bond donors (Lipinski definition) is 1. The second kappa shape index (κ2) is 3.05. The molecular formula is C17H15N. The topological polar surface area (TPSA) is 26.0 Å². The highest BCUT2D eigenvalue weighted by Crippen LogP contribution is 2.52. The highest BCUT2D eigenvalue weighted by atomic mass is 14.6. The molecule has 18 heavy (non-hydrogen) atoms. The molecule has 0 amide bonds. The van der Waals surface area contributed by atoms with Gasteiger partial charge >= 0.3 is 0 Å². The molecule has 2 atom stereocenters. The molecule has 3 aliphatic carbocycles. The standard InChI is InChI=1S/C17H15N/c1-17-12-5-3-6-13(17)10-15(18)14-7-2-4-11(8-9-12)16(14)17/h2-10,12H,18H2,1H3. The van der Waals surface area contributed by atoms with E-state index < -0.39 is 0 Å². The number of nitrogens with two attached hydrogens (primary N) is 1. The second-order valence-electron chi connectivity index (χ2n) is 5.46. The first-order valence-corrected chi connectivity index (χ1v) is 6.39. The van der Waals surface area contributed by atoms with Crippen LogP contribution in [-0.4, -0.2) is 0 Å². The first kappa shape index (κ1) is 9.95. The summed E-state index contributed by atoms with van der Waals surface area (Å²) in [5.41, 5.74) is 12.4. The van der Waals surface area contributed by atoms with Gasteiger partial charge in [0.1, 0.15) is 0 Å². The van der Waals surface area contributed by atoms with E-state index in [1.165, 1.54) is 22.3 Å². The minimum absolute atomic E-state index is 0.0539. The Hall–Kier alpha value is -2.02. The fourth-order valence-corrected chi connectivity index (χ4v) is 3.58. The Kier molecular flexibility index (Phi) is 1.69. The first-order valence-electron chi connectivity index (χ1n) is 6.39. The van der Waals surface area contributed by atoms with E-state index in [-0.39, 0.29) is 5.41 Å². The maximum Gasteiger partial charge on any atom is 0.0394 e. The van der Waals surface area contributed by atoms with Gasteiger partial charge in [0, 0.05) is 22.6 Å². The van der Waals surface area contributed by atoms with Crippen molar-refractivity contribution in [3.05, 3.63) is 70.8 Å². The lowest BCUT2D eigenvalue weighted by Crippen LogP contribution is -2.39. The molecule has 0 aromatic heterocycles. The summed E-state index contributed by atoms with van der Waals surface area (Å²) in [7, 11) is 0. The van der Waals surface area contributed by atoms with E-state index >= 15 is 0 Å². The maximum atomic E-state index is 6.22. The van der Waals surface area contributed by atoms with Gasteiger partial charge in [-0.25, -0.2) is 0 Å². The maximum absolute atomic E-state index is 6.22. The average molecular weight is 233 g/mol. The third-order valence-corrected chi connectivity index (χ3v) is 4.58. The van der Waals surface area contributed by atoms with Crippen LogP contribution in [0.1, 0.15) is 23.6 Å². The average Bonchev–Trinajstić information content (AvgIpc) is 2.38. The number of rotatable bonds is 0. The molecule has 0 heterocycles. The Labute approximate surface area is 107 Å². The summed E-state index contributed by atoms with van der Waals surface area (Å²) in [6.07, 6.45) is 13.3. The molecule has 0 saturated heterocycles. The lowest BCUT2D eigenvalue weighted by Gasteiger charge is -2.45. The predicted molar refractivity (Wildman–Crippen MR) is 75.7 cm³/mol. The zero-order valence-electron chi connectivity index (χ0n) is 10.4. The van der Waals surface area contributed by atoms with Crippen molar-refractivity contribution in [2.45, 2.75) is 12.3 Å². The molecule has 1 aromatic rings. The van der Waals surface area contributed by atoms with Gasteiger partial charge in [-0.05, 0) is 22.8 Å². The number of benzene rings is 1. The van der Waals surface area contributed by atoms with Crippen LogP contribution in [0.15, 0.2) is 54.2 Å². The highest BCUT2D eigenvalue weighted by molar-refractivity contribution is 5.81. The zero-order valence-corrected chi connectivity index (χ0v) is 10.4. The molecule has 2 N–H and O–H groups in total. The smallest absolute Gasteiger partial charge is 0.0394 e. The molecule has 0 aliphatic heterocycles. The Morgan fingerprint density at radius 2 is 2.11 bits per heavy atom. The molecule has 1 nitrogen and oxygen atoms in total. The fourth-order valence-electron chi connectivity index (χ4n) is 3.58. The molecule has 0 fully saturated rings. The molecule has 0 saturated carbocycles. The third kappa shape index (κ3) is 0.982. The van der Waals surface area contributed by atoms with E-state index in [0.717, 1.165) is 5.70 Å². The lowest BCUT2D eigenvalue weighted by atomic mass is 9.58. The van der Waals surface area contributed by atoms with Crippen molar-refractivity contribution in [2.75, 3.05) is 0 Å². The number of hydrogen-bond acceptors (Lipinski definition) is 1. The minimum atomic E-state index is 0.0539. The van der Waals surface area contributed by atoms with E-state index in [0.29, 0.717) is 5.92 Å². The molecule has 0 bridgehead atoms. The van der Waals surface area contributed by atoms with Crippen molar-refractivity contribution >= 4 is 11.8 Å². The van der Waals surface area contributed by atoms with Crippen LogP contribution in [0, 0.1) is 5.92 Å². The van der Waals surface area contributed by atoms with E-state index in [2.05, 4.69) is 61.6 Å². The largest absolute Gasteiger partial charge is 0.398 e. The summed E-state index contributed by atoms with van der Waals surface area (Å²) < 4.78 is 0. The Morgan fingerprint density at radius 3 is 3.00 bits per heavy atom. The third-order valence-electron chi connectivity index (χ3n) is 4.58. The van der Waals surface area contributed by atoms with Crippen molar-refractivity contribution in [3.8, 4) is 0 Å². The van der Waals surface area contributed by atoms with Gasteiger partial charge in [0.25, 0.3) is 0 Å². The summed E-state index contributed by atoms with van der Waals surface area (Å²) in [6.45, 7) is 2.34. The van der Waals surface area contributed by atoms with Crippen LogP contribution in [-0.2, 0) is 5.41 Å². The number of allylic oxidation sites excluding steroid dienone is 6. The van der Waals surface area contributed by atoms with Gasteiger partial charge in [-0.2, -0.15) is 0 Å². The van der Waals surface area contributed by atoms with Crippen molar-refractivity contribution < 1.29 is 0 Å². The van der Waals surface area contributed by atoms with Crippen LogP contribution in [0.4, 0.5) is 0 Å². The van der Waals surface area contributed by atoms with E-state index in [9.17, 15) is 0 Å². The van der Waals surface area contributed by atoms with Gasteiger partial charge in [-0.1, -0.05) is 55.5 Å². The normalized spacial score (nSPS) is 30.6. The molecule has 4 rings (SSSR count). The molecule has 1 heteroatoms. The van der Waals surface area contributed by atoms with Crippen LogP contribution in [0.3, 0.4) is 0 Å². The molecule has 0 spiro atoms. The van der Waals surface area contributed by atoms with Gasteiger partial charge in [0.05, 0.1) is 0 Å².